The predicted octanol–water partition coefficient (Wildman–Crippen LogP) is 4.87. The maximum Gasteiger partial charge on any atom is 0.302 e. The summed E-state index contributed by atoms with van der Waals surface area (Å²) < 4.78 is 5.39. The molecule has 1 atom stereocenters. The van der Waals surface area contributed by atoms with E-state index < -0.39 is 23.5 Å². The number of phenolic OH excluding ortho intramolecular Hbond substituents is 1. The maximum atomic E-state index is 13.4. The van der Waals surface area contributed by atoms with Crippen LogP contribution in [-0.4, -0.2) is 39.0 Å². The minimum atomic E-state index is -1.08. The Balaban J connectivity index is 1.79. The van der Waals surface area contributed by atoms with Crippen molar-refractivity contribution < 1.29 is 24.5 Å². The molecule has 0 bridgehead atoms. The molecule has 3 N–H and O–H groups in total. The fourth-order valence-corrected chi connectivity index (χ4v) is 4.72. The number of imidazole rings is 1. The number of anilines is 1. The Morgan fingerprint density at radius 1 is 1.11 bits per heavy atom. The molecule has 5 rings (SSSR count). The number of hydrogen-bond acceptors (Lipinski definition) is 6. The number of ketones is 1. The van der Waals surface area contributed by atoms with E-state index >= 15 is 0 Å². The number of halogens is 1. The number of aromatic amines is 1. The third kappa shape index (κ3) is 3.68. The molecule has 1 unspecified atom stereocenters. The van der Waals surface area contributed by atoms with E-state index in [0.717, 1.165) is 5.56 Å². The lowest BCUT2D eigenvalue weighted by Crippen LogP contribution is -2.30. The number of para-hydroxylation sites is 2. The molecule has 1 aliphatic rings. The van der Waals surface area contributed by atoms with Crippen LogP contribution in [0.1, 0.15) is 22.7 Å². The Bertz CT molecular complexity index is 1510. The maximum absolute atomic E-state index is 13.4. The molecule has 1 aromatic heterocycles. The lowest BCUT2D eigenvalue weighted by molar-refractivity contribution is -0.132. The molecule has 3 aromatic carbocycles. The van der Waals surface area contributed by atoms with Crippen LogP contribution in [0.25, 0.3) is 16.8 Å². The zero-order valence-electron chi connectivity index (χ0n) is 18.7. The van der Waals surface area contributed by atoms with Gasteiger partial charge in [0.2, 0.25) is 5.95 Å². The van der Waals surface area contributed by atoms with Gasteiger partial charge >= 0.3 is 5.91 Å². The first-order chi connectivity index (χ1) is 16.8. The quantitative estimate of drug-likeness (QED) is 0.214. The van der Waals surface area contributed by atoms with E-state index in [-0.39, 0.29) is 33.6 Å². The summed E-state index contributed by atoms with van der Waals surface area (Å²) in [5.74, 6) is -1.99. The fourth-order valence-electron chi connectivity index (χ4n) is 4.37. The third-order valence-electron chi connectivity index (χ3n) is 5.88. The summed E-state index contributed by atoms with van der Waals surface area (Å²) in [6.07, 6.45) is 0. The van der Waals surface area contributed by atoms with Crippen LogP contribution in [0.5, 0.6) is 11.5 Å². The van der Waals surface area contributed by atoms with Crippen LogP contribution in [0.15, 0.2) is 66.2 Å². The summed E-state index contributed by atoms with van der Waals surface area (Å²) in [6.45, 7) is 1.78. The zero-order chi connectivity index (χ0) is 24.9. The Morgan fingerprint density at radius 3 is 2.60 bits per heavy atom. The predicted molar refractivity (Wildman–Crippen MR) is 132 cm³/mol. The van der Waals surface area contributed by atoms with Gasteiger partial charge in [0.1, 0.15) is 17.3 Å². The van der Waals surface area contributed by atoms with Gasteiger partial charge in [0, 0.05) is 0 Å². The van der Waals surface area contributed by atoms with E-state index in [1.807, 2.05) is 12.1 Å². The summed E-state index contributed by atoms with van der Waals surface area (Å²) >= 11 is 6.33. The summed E-state index contributed by atoms with van der Waals surface area (Å²) in [5.41, 5.74) is 2.39. The second-order valence-electron chi connectivity index (χ2n) is 8.17. The number of amides is 1. The number of aromatic nitrogens is 2. The van der Waals surface area contributed by atoms with Gasteiger partial charge in [-0.05, 0) is 54.4 Å². The first-order valence-electron chi connectivity index (χ1n) is 10.7. The number of carbonyl (C=O) groups excluding carboxylic acids is 2. The number of ether oxygens (including phenoxy) is 1. The molecule has 8 nitrogen and oxygen atoms in total. The summed E-state index contributed by atoms with van der Waals surface area (Å²) in [4.78, 5) is 35.5. The molecule has 0 aliphatic carbocycles. The van der Waals surface area contributed by atoms with Crippen molar-refractivity contribution in [2.45, 2.75) is 13.0 Å². The number of phenols is 1. The average molecular weight is 490 g/mol. The molecule has 1 amide bonds. The second-order valence-corrected chi connectivity index (χ2v) is 8.58. The number of carbonyl (C=O) groups is 2. The van der Waals surface area contributed by atoms with Gasteiger partial charge in [-0.25, -0.2) is 4.98 Å². The number of Topliss-reactive ketones (excluding diaryl/α,β-unsaturated/α-hetero) is 1. The van der Waals surface area contributed by atoms with Crippen LogP contribution < -0.4 is 9.64 Å². The molecule has 35 heavy (non-hydrogen) atoms. The molecule has 2 heterocycles. The smallest absolute Gasteiger partial charge is 0.302 e. The van der Waals surface area contributed by atoms with Crippen LogP contribution in [0.2, 0.25) is 5.02 Å². The Labute approximate surface area is 205 Å². The van der Waals surface area contributed by atoms with Gasteiger partial charge < -0.3 is 19.9 Å². The van der Waals surface area contributed by atoms with Crippen molar-refractivity contribution in [2.75, 3.05) is 12.0 Å². The van der Waals surface area contributed by atoms with E-state index in [1.54, 1.807) is 43.3 Å². The van der Waals surface area contributed by atoms with Crippen molar-refractivity contribution in [3.8, 4) is 11.5 Å². The van der Waals surface area contributed by atoms with Crippen LogP contribution in [0.4, 0.5) is 5.95 Å². The number of fused-ring (bicyclic) bond motifs is 1. The van der Waals surface area contributed by atoms with E-state index in [9.17, 15) is 19.8 Å². The number of rotatable bonds is 4. The minimum Gasteiger partial charge on any atom is -0.508 e. The van der Waals surface area contributed by atoms with Crippen molar-refractivity contribution in [1.82, 2.24) is 9.97 Å². The summed E-state index contributed by atoms with van der Waals surface area (Å²) in [5, 5.41) is 21.8. The van der Waals surface area contributed by atoms with Crippen molar-refractivity contribution in [1.29, 1.82) is 0 Å². The van der Waals surface area contributed by atoms with E-state index in [4.69, 9.17) is 16.3 Å². The first kappa shape index (κ1) is 22.5. The number of methoxy groups -OCH3 is 1. The normalized spacial score (nSPS) is 17.3. The molecule has 9 heteroatoms. The fraction of sp³-hybridized carbons (Fsp3) is 0.115. The van der Waals surface area contributed by atoms with Crippen LogP contribution in [-0.2, 0) is 9.59 Å². The van der Waals surface area contributed by atoms with Crippen LogP contribution in [0.3, 0.4) is 0 Å². The molecular weight excluding hydrogens is 470 g/mol. The van der Waals surface area contributed by atoms with Crippen molar-refractivity contribution >= 4 is 46.0 Å². The number of aryl methyl sites for hydroxylation is 1. The van der Waals surface area contributed by atoms with E-state index in [2.05, 4.69) is 9.97 Å². The number of hydrogen-bond donors (Lipinski definition) is 3. The zero-order valence-corrected chi connectivity index (χ0v) is 19.5. The Morgan fingerprint density at radius 2 is 1.89 bits per heavy atom. The topological polar surface area (TPSA) is 116 Å². The molecule has 1 aliphatic heterocycles. The van der Waals surface area contributed by atoms with Gasteiger partial charge in [-0.3, -0.25) is 14.5 Å². The highest BCUT2D eigenvalue weighted by atomic mass is 35.5. The van der Waals surface area contributed by atoms with E-state index in [0.29, 0.717) is 16.6 Å². The second kappa shape index (κ2) is 8.48. The Hall–Kier alpha value is -4.30. The lowest BCUT2D eigenvalue weighted by Gasteiger charge is -2.23. The van der Waals surface area contributed by atoms with E-state index in [1.165, 1.54) is 24.1 Å². The van der Waals surface area contributed by atoms with Crippen molar-refractivity contribution in [2.24, 2.45) is 0 Å². The molecule has 0 radical (unpaired) electrons. The number of nitrogens with zero attached hydrogens (tertiary/aromatic N) is 2. The lowest BCUT2D eigenvalue weighted by atomic mass is 9.94. The highest BCUT2D eigenvalue weighted by Crippen LogP contribution is 2.44. The van der Waals surface area contributed by atoms with Crippen LogP contribution in [0, 0.1) is 6.92 Å². The third-order valence-corrected chi connectivity index (χ3v) is 6.16. The first-order valence-corrected chi connectivity index (χ1v) is 11.1. The molecule has 176 valence electrons. The van der Waals surface area contributed by atoms with Crippen LogP contribution >= 0.6 is 11.6 Å². The van der Waals surface area contributed by atoms with Gasteiger partial charge in [-0.2, -0.15) is 0 Å². The summed E-state index contributed by atoms with van der Waals surface area (Å²) in [6, 6.07) is 15.5. The number of H-pyrrole nitrogens is 1. The highest BCUT2D eigenvalue weighted by molar-refractivity contribution is 6.51. The SMILES string of the molecule is COc1c(Cl)cc(C)cc1/C(O)=C1\C(=O)C(=O)N(c2nc3ccccc3[nH]2)C1c1cccc(O)c1. The molecule has 1 fully saturated rings. The highest BCUT2D eigenvalue weighted by Gasteiger charge is 2.48. The molecular formula is C26H20ClN3O5. The number of nitrogens with one attached hydrogen (secondary N) is 1. The van der Waals surface area contributed by atoms with Gasteiger partial charge in [0.25, 0.3) is 5.78 Å². The number of benzene rings is 3. The largest absolute Gasteiger partial charge is 0.508 e. The van der Waals surface area contributed by atoms with Crippen molar-refractivity contribution in [3.63, 3.8) is 0 Å². The molecule has 4 aromatic rings. The number of aliphatic hydroxyl groups is 1. The average Bonchev–Trinajstić information content (AvgIpc) is 3.36. The molecule has 0 spiro atoms. The standard InChI is InChI=1S/C26H20ClN3O5/c1-13-10-16(24(35-2)17(27)11-13)22(32)20-21(14-6-5-7-15(31)12-14)30(25(34)23(20)33)26-28-18-8-3-4-9-19(18)29-26/h3-12,21,31-32H,1-2H3,(H,28,29)/b22-20+. The molecule has 1 saturated heterocycles. The monoisotopic (exact) mass is 489 g/mol. The van der Waals surface area contributed by atoms with Gasteiger partial charge in [0.15, 0.2) is 0 Å². The van der Waals surface area contributed by atoms with Crippen molar-refractivity contribution in [3.05, 3.63) is 87.9 Å². The van der Waals surface area contributed by atoms with Gasteiger partial charge in [0.05, 0.1) is 40.3 Å². The molecule has 0 saturated carbocycles. The summed E-state index contributed by atoms with van der Waals surface area (Å²) in [7, 11) is 1.40. The minimum absolute atomic E-state index is 0.0612. The van der Waals surface area contributed by atoms with Gasteiger partial charge in [-0.15, -0.1) is 0 Å². The Kier molecular flexibility index (Phi) is 5.45. The number of aliphatic hydroxyl groups excluding tert-OH is 1. The van der Waals surface area contributed by atoms with Gasteiger partial charge in [-0.1, -0.05) is 35.9 Å². The number of aromatic hydroxyl groups is 1.